The first-order chi connectivity index (χ1) is 20.7. The smallest absolute Gasteiger partial charge is 0.435 e. The van der Waals surface area contributed by atoms with Crippen molar-refractivity contribution in [3.8, 4) is 11.3 Å². The zero-order valence-corrected chi connectivity index (χ0v) is 23.3. The largest absolute Gasteiger partial charge is 0.483 e. The van der Waals surface area contributed by atoms with Gasteiger partial charge in [-0.05, 0) is 43.1 Å². The molecule has 12 nitrogen and oxygen atoms in total. The molecule has 3 aromatic heterocycles. The Morgan fingerprint density at radius 2 is 2.00 bits per heavy atom. The molecule has 0 atom stereocenters. The molecule has 0 fully saturated rings. The number of hydrogen-bond acceptors (Lipinski definition) is 8. The molecule has 43 heavy (non-hydrogen) atoms. The number of carboxylic acid groups (broad SMARTS) is 1. The van der Waals surface area contributed by atoms with Crippen LogP contribution in [0.3, 0.4) is 0 Å². The Balaban J connectivity index is 0.00000162. The van der Waals surface area contributed by atoms with Gasteiger partial charge in [0.2, 0.25) is 0 Å². The third-order valence-corrected chi connectivity index (χ3v) is 6.07. The molecule has 0 saturated carbocycles. The fourth-order valence-electron chi connectivity index (χ4n) is 4.17. The molecule has 1 amide bonds. The molecule has 0 saturated heterocycles. The minimum absolute atomic E-state index is 0.131. The topological polar surface area (TPSA) is 162 Å². The Labute approximate surface area is 243 Å². The van der Waals surface area contributed by atoms with Gasteiger partial charge in [-0.2, -0.15) is 18.3 Å². The van der Waals surface area contributed by atoms with Crippen molar-refractivity contribution in [3.63, 3.8) is 0 Å². The summed E-state index contributed by atoms with van der Waals surface area (Å²) in [6, 6.07) is 5.21. The number of aryl methyl sites for hydroxylation is 2. The molecule has 3 heterocycles. The molecule has 0 aliphatic carbocycles. The summed E-state index contributed by atoms with van der Waals surface area (Å²) in [5.41, 5.74) is 6.42. The van der Waals surface area contributed by atoms with Crippen LogP contribution in [-0.2, 0) is 28.7 Å². The molecule has 1 aromatic carbocycles. The number of carbonyl (C=O) groups is 2. The molecule has 4 aromatic rings. The number of carbonyl (C=O) groups excluding carboxylic acids is 1. The summed E-state index contributed by atoms with van der Waals surface area (Å²) in [6.45, 7) is 2.35. The number of halogens is 4. The average molecular weight is 609 g/mol. The van der Waals surface area contributed by atoms with Gasteiger partial charge in [-0.3, -0.25) is 18.7 Å². The van der Waals surface area contributed by atoms with E-state index in [2.05, 4.69) is 25.7 Å². The highest BCUT2D eigenvalue weighted by Crippen LogP contribution is 2.37. The Morgan fingerprint density at radius 3 is 2.67 bits per heavy atom. The van der Waals surface area contributed by atoms with Gasteiger partial charge in [0.15, 0.2) is 17.2 Å². The molecule has 232 valence electrons. The van der Waals surface area contributed by atoms with Crippen LogP contribution in [0.15, 0.2) is 43.0 Å². The molecule has 16 heteroatoms. The van der Waals surface area contributed by atoms with Gasteiger partial charge >= 0.3 is 6.18 Å². The van der Waals surface area contributed by atoms with Gasteiger partial charge in [0.1, 0.15) is 6.67 Å². The second-order valence-electron chi connectivity index (χ2n) is 8.92. The number of hydrogen-bond donors (Lipinski definition) is 4. The predicted octanol–water partition coefficient (Wildman–Crippen LogP) is 3.68. The predicted molar refractivity (Wildman–Crippen MR) is 150 cm³/mol. The lowest BCUT2D eigenvalue weighted by Gasteiger charge is -2.13. The fourth-order valence-corrected chi connectivity index (χ4v) is 4.17. The Kier molecular flexibility index (Phi) is 11.9. The second-order valence-corrected chi connectivity index (χ2v) is 8.92. The highest BCUT2D eigenvalue weighted by atomic mass is 19.4. The van der Waals surface area contributed by atoms with Crippen molar-refractivity contribution in [2.45, 2.75) is 32.5 Å². The van der Waals surface area contributed by atoms with E-state index in [-0.39, 0.29) is 35.8 Å². The highest BCUT2D eigenvalue weighted by Gasteiger charge is 2.38. The van der Waals surface area contributed by atoms with Crippen LogP contribution >= 0.6 is 0 Å². The molecule has 5 N–H and O–H groups in total. The molecule has 0 radical (unpaired) electrons. The van der Waals surface area contributed by atoms with E-state index in [1.165, 1.54) is 23.0 Å². The van der Waals surface area contributed by atoms with Crippen LogP contribution in [-0.4, -0.2) is 74.6 Å². The van der Waals surface area contributed by atoms with Crippen LogP contribution in [0.1, 0.15) is 35.0 Å². The maximum atomic E-state index is 13.7. The second kappa shape index (κ2) is 15.6. The number of nitrogens with zero attached hydrogens (tertiary/aromatic N) is 5. The lowest BCUT2D eigenvalue weighted by Crippen LogP contribution is -2.28. The van der Waals surface area contributed by atoms with E-state index in [9.17, 15) is 22.4 Å². The fraction of sp³-hybridized carbons (Fsp3) is 0.370. The van der Waals surface area contributed by atoms with Crippen molar-refractivity contribution in [2.24, 2.45) is 5.73 Å². The van der Waals surface area contributed by atoms with Gasteiger partial charge in [-0.15, -0.1) is 0 Å². The van der Waals surface area contributed by atoms with E-state index in [1.807, 2.05) is 13.0 Å². The SMILES string of the molecule is CCc1cc(Nc2nccn3c(-c4cn(CCF)nc4C(F)(F)F)cnc23)ccc1C(=O)NCCOCCCN.O=CO. The quantitative estimate of drug-likeness (QED) is 0.101. The van der Waals surface area contributed by atoms with Crippen molar-refractivity contribution in [1.82, 2.24) is 29.5 Å². The minimum Gasteiger partial charge on any atom is -0.483 e. The van der Waals surface area contributed by atoms with E-state index in [1.54, 1.807) is 12.1 Å². The highest BCUT2D eigenvalue weighted by molar-refractivity contribution is 5.96. The van der Waals surface area contributed by atoms with Crippen molar-refractivity contribution in [1.29, 1.82) is 0 Å². The van der Waals surface area contributed by atoms with E-state index in [4.69, 9.17) is 20.4 Å². The number of alkyl halides is 4. The van der Waals surface area contributed by atoms with Gasteiger partial charge in [0.05, 0.1) is 30.6 Å². The molecule has 4 rings (SSSR count). The molecule has 0 aliphatic heterocycles. The first-order valence-electron chi connectivity index (χ1n) is 13.2. The van der Waals surface area contributed by atoms with Crippen LogP contribution in [0.4, 0.5) is 29.1 Å². The molecular weight excluding hydrogens is 576 g/mol. The van der Waals surface area contributed by atoms with E-state index in [0.29, 0.717) is 49.8 Å². The third kappa shape index (κ3) is 8.48. The Bertz CT molecular complexity index is 1510. The van der Waals surface area contributed by atoms with E-state index < -0.39 is 18.5 Å². The maximum absolute atomic E-state index is 13.7. The van der Waals surface area contributed by atoms with Crippen molar-refractivity contribution in [3.05, 3.63) is 59.8 Å². The number of aromatic nitrogens is 5. The van der Waals surface area contributed by atoms with Crippen molar-refractivity contribution >= 4 is 29.5 Å². The van der Waals surface area contributed by atoms with Crippen LogP contribution in [0.25, 0.3) is 16.9 Å². The number of nitrogens with one attached hydrogen (secondary N) is 2. The lowest BCUT2D eigenvalue weighted by molar-refractivity contribution is -0.141. The van der Waals surface area contributed by atoms with E-state index in [0.717, 1.165) is 22.9 Å². The number of fused-ring (bicyclic) bond motifs is 1. The van der Waals surface area contributed by atoms with Gasteiger partial charge in [-0.1, -0.05) is 6.92 Å². The summed E-state index contributed by atoms with van der Waals surface area (Å²) >= 11 is 0. The van der Waals surface area contributed by atoms with Crippen molar-refractivity contribution in [2.75, 3.05) is 38.3 Å². The van der Waals surface area contributed by atoms with E-state index >= 15 is 0 Å². The molecule has 0 aliphatic rings. The Hall–Kier alpha value is -4.57. The molecule has 0 bridgehead atoms. The number of amides is 1. The molecule has 0 unspecified atom stereocenters. The van der Waals surface area contributed by atoms with Gasteiger partial charge in [0, 0.05) is 43.0 Å². The molecule has 0 spiro atoms. The first-order valence-corrected chi connectivity index (χ1v) is 13.2. The van der Waals surface area contributed by atoms with Gasteiger partial charge in [-0.25, -0.2) is 14.4 Å². The maximum Gasteiger partial charge on any atom is 0.435 e. The van der Waals surface area contributed by atoms with Crippen LogP contribution in [0.2, 0.25) is 0 Å². The summed E-state index contributed by atoms with van der Waals surface area (Å²) in [5.74, 6) is 0.0741. The average Bonchev–Trinajstić information content (AvgIpc) is 3.60. The molecular formula is C27H32F4N8O4. The summed E-state index contributed by atoms with van der Waals surface area (Å²) in [5, 5.41) is 16.4. The number of nitrogens with two attached hydrogens (primary N) is 1. The number of anilines is 2. The summed E-state index contributed by atoms with van der Waals surface area (Å²) in [6.07, 6.45) is 1.96. The summed E-state index contributed by atoms with van der Waals surface area (Å²) in [7, 11) is 0. The summed E-state index contributed by atoms with van der Waals surface area (Å²) < 4.78 is 61.7. The first kappa shape index (κ1) is 32.9. The van der Waals surface area contributed by atoms with Gasteiger partial charge in [0.25, 0.3) is 12.4 Å². The van der Waals surface area contributed by atoms with Gasteiger partial charge < -0.3 is 26.2 Å². The van der Waals surface area contributed by atoms with Crippen LogP contribution < -0.4 is 16.4 Å². The zero-order chi connectivity index (χ0) is 31.4. The lowest BCUT2D eigenvalue weighted by atomic mass is 10.0. The number of rotatable bonds is 13. The van der Waals surface area contributed by atoms with Crippen molar-refractivity contribution < 1.29 is 37.0 Å². The normalized spacial score (nSPS) is 11.2. The number of benzene rings is 1. The minimum atomic E-state index is -4.74. The Morgan fingerprint density at radius 1 is 1.23 bits per heavy atom. The third-order valence-electron chi connectivity index (χ3n) is 6.07. The zero-order valence-electron chi connectivity index (χ0n) is 23.3. The number of ether oxygens (including phenoxy) is 1. The monoisotopic (exact) mass is 608 g/mol. The number of imidazole rings is 1. The standard InChI is InChI=1S/C26H30F4N8O2.CH2O2/c1-2-17-14-18(4-5-19(17)25(39)33-9-13-40-12-3-7-31)35-23-24-34-15-21(38(24)11-8-32-23)20-16-37(10-6-27)36-22(20)26(28,29)30;2-1-3/h4-5,8,11,14-16H,2-3,6-7,9-10,12-13,31H2,1H3,(H,32,35)(H,33,39);1H,(H,2,3). The summed E-state index contributed by atoms with van der Waals surface area (Å²) in [4.78, 5) is 29.7. The van der Waals surface area contributed by atoms with Crippen LogP contribution in [0, 0.1) is 0 Å². The van der Waals surface area contributed by atoms with Crippen LogP contribution in [0.5, 0.6) is 0 Å².